The van der Waals surface area contributed by atoms with E-state index in [-0.39, 0.29) is 20.8 Å². The standard InChI is InChI=1S/C10H7Cl2N3O3S/c11-7-4-6(5-14-10(7)16)19(17,18)15-8-2-1-3-13-9(8)12/h1-5,15H,(H,14,16). The predicted octanol–water partition coefficient (Wildman–Crippen LogP) is 1.88. The minimum absolute atomic E-state index is 0.0154. The first-order chi connectivity index (χ1) is 8.90. The summed E-state index contributed by atoms with van der Waals surface area (Å²) < 4.78 is 26.3. The molecule has 0 aromatic carbocycles. The van der Waals surface area contributed by atoms with E-state index in [1.54, 1.807) is 0 Å². The first kappa shape index (κ1) is 13.9. The molecular formula is C10H7Cl2N3O3S. The third-order valence-electron chi connectivity index (χ3n) is 2.15. The van der Waals surface area contributed by atoms with Gasteiger partial charge in [-0.15, -0.1) is 0 Å². The Morgan fingerprint density at radius 3 is 2.68 bits per heavy atom. The quantitative estimate of drug-likeness (QED) is 0.845. The molecule has 0 saturated heterocycles. The molecule has 0 spiro atoms. The number of nitrogens with one attached hydrogen (secondary N) is 2. The largest absolute Gasteiger partial charge is 0.326 e. The Labute approximate surface area is 118 Å². The second-order valence-corrected chi connectivity index (χ2v) is 5.91. The number of aromatic nitrogens is 2. The Hall–Kier alpha value is -1.57. The summed E-state index contributed by atoms with van der Waals surface area (Å²) in [7, 11) is -3.90. The number of hydrogen-bond acceptors (Lipinski definition) is 4. The van der Waals surface area contributed by atoms with Gasteiger partial charge in [-0.25, -0.2) is 13.4 Å². The van der Waals surface area contributed by atoms with Crippen molar-refractivity contribution in [3.05, 3.63) is 51.1 Å². The number of rotatable bonds is 3. The summed E-state index contributed by atoms with van der Waals surface area (Å²) in [5.74, 6) is 0. The van der Waals surface area contributed by atoms with Crippen molar-refractivity contribution in [3.63, 3.8) is 0 Å². The summed E-state index contributed by atoms with van der Waals surface area (Å²) in [5.41, 5.74) is -0.438. The van der Waals surface area contributed by atoms with Crippen LogP contribution in [0.25, 0.3) is 0 Å². The fourth-order valence-corrected chi connectivity index (χ4v) is 2.78. The molecule has 2 heterocycles. The molecule has 2 rings (SSSR count). The van der Waals surface area contributed by atoms with Gasteiger partial charge in [0.15, 0.2) is 5.15 Å². The van der Waals surface area contributed by atoms with E-state index in [9.17, 15) is 13.2 Å². The van der Waals surface area contributed by atoms with Crippen LogP contribution in [-0.4, -0.2) is 18.4 Å². The number of aromatic amines is 1. The zero-order valence-corrected chi connectivity index (χ0v) is 11.6. The van der Waals surface area contributed by atoms with Gasteiger partial charge < -0.3 is 4.98 Å². The maximum absolute atomic E-state index is 12.0. The van der Waals surface area contributed by atoms with E-state index < -0.39 is 15.6 Å². The summed E-state index contributed by atoms with van der Waals surface area (Å²) >= 11 is 11.3. The Kier molecular flexibility index (Phi) is 3.79. The van der Waals surface area contributed by atoms with Crippen LogP contribution in [0.2, 0.25) is 10.2 Å². The van der Waals surface area contributed by atoms with E-state index in [0.717, 1.165) is 12.3 Å². The highest BCUT2D eigenvalue weighted by molar-refractivity contribution is 7.92. The predicted molar refractivity (Wildman–Crippen MR) is 72.1 cm³/mol. The molecule has 0 aliphatic carbocycles. The number of H-pyrrole nitrogens is 1. The third kappa shape index (κ3) is 3.06. The Balaban J connectivity index is 2.41. The molecule has 19 heavy (non-hydrogen) atoms. The van der Waals surface area contributed by atoms with Crippen molar-refractivity contribution in [2.24, 2.45) is 0 Å². The molecule has 0 radical (unpaired) electrons. The van der Waals surface area contributed by atoms with Crippen molar-refractivity contribution in [1.29, 1.82) is 0 Å². The molecule has 0 saturated carbocycles. The van der Waals surface area contributed by atoms with E-state index in [2.05, 4.69) is 14.7 Å². The van der Waals surface area contributed by atoms with Crippen LogP contribution >= 0.6 is 23.2 Å². The summed E-state index contributed by atoms with van der Waals surface area (Å²) in [4.78, 5) is 16.9. The minimum Gasteiger partial charge on any atom is -0.326 e. The summed E-state index contributed by atoms with van der Waals surface area (Å²) in [6.07, 6.45) is 2.47. The van der Waals surface area contributed by atoms with Gasteiger partial charge >= 0.3 is 0 Å². The highest BCUT2D eigenvalue weighted by Crippen LogP contribution is 2.21. The second-order valence-electron chi connectivity index (χ2n) is 3.46. The first-order valence-electron chi connectivity index (χ1n) is 4.92. The van der Waals surface area contributed by atoms with Crippen molar-refractivity contribution >= 4 is 38.9 Å². The van der Waals surface area contributed by atoms with Crippen molar-refractivity contribution in [2.75, 3.05) is 4.72 Å². The topological polar surface area (TPSA) is 91.9 Å². The molecule has 0 unspecified atom stereocenters. The van der Waals surface area contributed by atoms with Crippen LogP contribution in [-0.2, 0) is 10.0 Å². The monoisotopic (exact) mass is 319 g/mol. The van der Waals surface area contributed by atoms with Gasteiger partial charge in [0, 0.05) is 12.4 Å². The number of pyridine rings is 2. The highest BCUT2D eigenvalue weighted by Gasteiger charge is 2.17. The lowest BCUT2D eigenvalue weighted by Gasteiger charge is -2.08. The lowest BCUT2D eigenvalue weighted by Crippen LogP contribution is -2.16. The molecule has 0 fully saturated rings. The van der Waals surface area contributed by atoms with Gasteiger partial charge in [-0.05, 0) is 18.2 Å². The molecule has 2 aromatic rings. The highest BCUT2D eigenvalue weighted by atomic mass is 35.5. The fraction of sp³-hybridized carbons (Fsp3) is 0. The van der Waals surface area contributed by atoms with E-state index in [0.29, 0.717) is 0 Å². The van der Waals surface area contributed by atoms with Crippen molar-refractivity contribution in [1.82, 2.24) is 9.97 Å². The normalized spacial score (nSPS) is 11.3. The SMILES string of the molecule is O=c1[nH]cc(S(=O)(=O)Nc2cccnc2Cl)cc1Cl. The van der Waals surface area contributed by atoms with E-state index >= 15 is 0 Å². The molecule has 0 aliphatic rings. The van der Waals surface area contributed by atoms with Crippen LogP contribution in [0.15, 0.2) is 40.3 Å². The maximum Gasteiger partial charge on any atom is 0.266 e. The summed E-state index contributed by atoms with van der Waals surface area (Å²) in [6.45, 7) is 0. The molecule has 0 amide bonds. The Morgan fingerprint density at radius 1 is 1.32 bits per heavy atom. The molecule has 2 N–H and O–H groups in total. The Morgan fingerprint density at radius 2 is 2.05 bits per heavy atom. The van der Waals surface area contributed by atoms with E-state index in [4.69, 9.17) is 23.2 Å². The smallest absolute Gasteiger partial charge is 0.266 e. The molecule has 6 nitrogen and oxygen atoms in total. The van der Waals surface area contributed by atoms with Gasteiger partial charge in [-0.2, -0.15) is 0 Å². The number of hydrogen-bond donors (Lipinski definition) is 2. The van der Waals surface area contributed by atoms with Crippen LogP contribution in [0, 0.1) is 0 Å². The van der Waals surface area contributed by atoms with Gasteiger partial charge in [-0.1, -0.05) is 23.2 Å². The lowest BCUT2D eigenvalue weighted by atomic mass is 10.4. The van der Waals surface area contributed by atoms with E-state index in [1.165, 1.54) is 18.3 Å². The van der Waals surface area contributed by atoms with Crippen molar-refractivity contribution < 1.29 is 8.42 Å². The van der Waals surface area contributed by atoms with Crippen molar-refractivity contribution in [3.8, 4) is 0 Å². The zero-order valence-electron chi connectivity index (χ0n) is 9.22. The number of sulfonamides is 1. The Bertz CT molecular complexity index is 774. The number of nitrogens with zero attached hydrogens (tertiary/aromatic N) is 1. The van der Waals surface area contributed by atoms with Gasteiger partial charge in [0.25, 0.3) is 15.6 Å². The summed E-state index contributed by atoms with van der Waals surface area (Å²) in [5, 5.41) is -0.207. The summed E-state index contributed by atoms with van der Waals surface area (Å²) in [6, 6.07) is 4.04. The lowest BCUT2D eigenvalue weighted by molar-refractivity contribution is 0.600. The minimum atomic E-state index is -3.90. The van der Waals surface area contributed by atoms with Crippen LogP contribution in [0.5, 0.6) is 0 Å². The van der Waals surface area contributed by atoms with Crippen LogP contribution in [0.4, 0.5) is 5.69 Å². The van der Waals surface area contributed by atoms with Gasteiger partial charge in [0.2, 0.25) is 0 Å². The molecule has 0 atom stereocenters. The average Bonchev–Trinajstić information content (AvgIpc) is 2.35. The van der Waals surface area contributed by atoms with Crippen LogP contribution in [0.3, 0.4) is 0 Å². The average molecular weight is 320 g/mol. The molecule has 0 bridgehead atoms. The van der Waals surface area contributed by atoms with Gasteiger partial charge in [0.1, 0.15) is 9.92 Å². The fourth-order valence-electron chi connectivity index (χ4n) is 1.26. The third-order valence-corrected chi connectivity index (χ3v) is 4.07. The van der Waals surface area contributed by atoms with Crippen LogP contribution < -0.4 is 10.3 Å². The second kappa shape index (κ2) is 5.20. The van der Waals surface area contributed by atoms with E-state index in [1.807, 2.05) is 0 Å². The first-order valence-corrected chi connectivity index (χ1v) is 7.15. The zero-order chi connectivity index (χ0) is 14.0. The van der Waals surface area contributed by atoms with Gasteiger partial charge in [0.05, 0.1) is 5.69 Å². The number of halogens is 2. The molecule has 100 valence electrons. The molecule has 0 aliphatic heterocycles. The molecular weight excluding hydrogens is 313 g/mol. The van der Waals surface area contributed by atoms with Crippen molar-refractivity contribution in [2.45, 2.75) is 4.90 Å². The molecule has 2 aromatic heterocycles. The van der Waals surface area contributed by atoms with Gasteiger partial charge in [-0.3, -0.25) is 9.52 Å². The molecule has 9 heteroatoms. The number of anilines is 1. The maximum atomic E-state index is 12.0. The van der Waals surface area contributed by atoms with Crippen LogP contribution in [0.1, 0.15) is 0 Å².